The number of nitrogens with one attached hydrogen (secondary N) is 1. The molecule has 1 atom stereocenters. The summed E-state index contributed by atoms with van der Waals surface area (Å²) in [6.07, 6.45) is -0.174. The predicted molar refractivity (Wildman–Crippen MR) is 88.7 cm³/mol. The average molecular weight is 310 g/mol. The number of ether oxygens (including phenoxy) is 1. The maximum absolute atomic E-state index is 12.4. The molecule has 1 amide bonds. The van der Waals surface area contributed by atoms with Crippen LogP contribution in [0, 0.1) is 0 Å². The van der Waals surface area contributed by atoms with Crippen LogP contribution in [0.1, 0.15) is 18.9 Å². The van der Waals surface area contributed by atoms with Crippen LogP contribution in [0.3, 0.4) is 0 Å². The minimum absolute atomic E-state index is 0.230. The number of oxime groups is 1. The Hall–Kier alpha value is -2.82. The summed E-state index contributed by atoms with van der Waals surface area (Å²) in [7, 11) is 0. The fourth-order valence-electron chi connectivity index (χ4n) is 2.38. The summed E-state index contributed by atoms with van der Waals surface area (Å²) in [4.78, 5) is 17.7. The number of rotatable bonds is 5. The Kier molecular flexibility index (Phi) is 4.57. The number of carbonyl (C=O) groups excluding carboxylic acids is 1. The number of nitrogens with zero attached hydrogens (tertiary/aromatic N) is 1. The standard InChI is InChI=1S/C18H18N2O3/c1-2-22-16-11-7-6-10-14(16)19-18(21)17-12-15(20-23-17)13-8-4-3-5-9-13/h3-11,17H,2,12H2,1H3,(H,19,21)/t17-/m1/s1. The molecular weight excluding hydrogens is 292 g/mol. The molecule has 0 radical (unpaired) electrons. The molecule has 1 aliphatic rings. The van der Waals surface area contributed by atoms with Gasteiger partial charge < -0.3 is 14.9 Å². The van der Waals surface area contributed by atoms with Gasteiger partial charge in [-0.15, -0.1) is 0 Å². The highest BCUT2D eigenvalue weighted by atomic mass is 16.6. The Bertz CT molecular complexity index is 713. The van der Waals surface area contributed by atoms with E-state index in [2.05, 4.69) is 10.5 Å². The molecule has 0 aliphatic carbocycles. The predicted octanol–water partition coefficient (Wildman–Crippen LogP) is 3.22. The lowest BCUT2D eigenvalue weighted by Crippen LogP contribution is -2.28. The van der Waals surface area contributed by atoms with E-state index in [-0.39, 0.29) is 5.91 Å². The van der Waals surface area contributed by atoms with Crippen LogP contribution in [0.25, 0.3) is 0 Å². The van der Waals surface area contributed by atoms with Crippen molar-refractivity contribution in [3.63, 3.8) is 0 Å². The topological polar surface area (TPSA) is 59.9 Å². The fourth-order valence-corrected chi connectivity index (χ4v) is 2.38. The number of amides is 1. The molecule has 0 aromatic heterocycles. The van der Waals surface area contributed by atoms with E-state index < -0.39 is 6.10 Å². The van der Waals surface area contributed by atoms with E-state index >= 15 is 0 Å². The molecule has 3 rings (SSSR count). The largest absolute Gasteiger partial charge is 0.492 e. The molecule has 0 saturated carbocycles. The number of anilines is 1. The molecule has 1 heterocycles. The summed E-state index contributed by atoms with van der Waals surface area (Å²) in [5, 5.41) is 6.88. The van der Waals surface area contributed by atoms with Gasteiger partial charge in [0.2, 0.25) is 6.10 Å². The van der Waals surface area contributed by atoms with Gasteiger partial charge in [0.25, 0.3) is 5.91 Å². The van der Waals surface area contributed by atoms with Crippen LogP contribution >= 0.6 is 0 Å². The summed E-state index contributed by atoms with van der Waals surface area (Å²) in [5.74, 6) is 0.414. The highest BCUT2D eigenvalue weighted by Crippen LogP contribution is 2.25. The van der Waals surface area contributed by atoms with Crippen LogP contribution < -0.4 is 10.1 Å². The van der Waals surface area contributed by atoms with Gasteiger partial charge in [0.1, 0.15) is 5.75 Å². The molecule has 0 bridgehead atoms. The number of hydrogen-bond acceptors (Lipinski definition) is 4. The lowest BCUT2D eigenvalue weighted by atomic mass is 10.0. The zero-order chi connectivity index (χ0) is 16.1. The highest BCUT2D eigenvalue weighted by Gasteiger charge is 2.29. The maximum atomic E-state index is 12.4. The first kappa shape index (κ1) is 15.1. The second kappa shape index (κ2) is 6.96. The third-order valence-corrected chi connectivity index (χ3v) is 3.51. The van der Waals surface area contributed by atoms with Gasteiger partial charge in [0.05, 0.1) is 18.0 Å². The van der Waals surface area contributed by atoms with Crippen LogP contribution in [-0.2, 0) is 9.63 Å². The van der Waals surface area contributed by atoms with Crippen LogP contribution in [0.2, 0.25) is 0 Å². The molecular formula is C18H18N2O3. The molecule has 0 unspecified atom stereocenters. The van der Waals surface area contributed by atoms with Crippen LogP contribution in [0.4, 0.5) is 5.69 Å². The quantitative estimate of drug-likeness (QED) is 0.922. The molecule has 1 N–H and O–H groups in total. The van der Waals surface area contributed by atoms with Crippen LogP contribution in [0.15, 0.2) is 59.8 Å². The Labute approximate surface area is 134 Å². The first-order valence-electron chi connectivity index (χ1n) is 7.58. The zero-order valence-corrected chi connectivity index (χ0v) is 12.9. The van der Waals surface area contributed by atoms with Gasteiger partial charge in [-0.1, -0.05) is 47.6 Å². The van der Waals surface area contributed by atoms with Gasteiger partial charge in [-0.2, -0.15) is 0 Å². The van der Waals surface area contributed by atoms with Crippen molar-refractivity contribution in [3.8, 4) is 5.75 Å². The highest BCUT2D eigenvalue weighted by molar-refractivity contribution is 6.06. The van der Waals surface area contributed by atoms with E-state index in [1.54, 1.807) is 6.07 Å². The lowest BCUT2D eigenvalue weighted by Gasteiger charge is -2.13. The van der Waals surface area contributed by atoms with E-state index in [9.17, 15) is 4.79 Å². The molecule has 5 nitrogen and oxygen atoms in total. The minimum atomic E-state index is -0.625. The van der Waals surface area contributed by atoms with Crippen molar-refractivity contribution in [1.29, 1.82) is 0 Å². The van der Waals surface area contributed by atoms with Crippen LogP contribution in [0.5, 0.6) is 5.75 Å². The van der Waals surface area contributed by atoms with Crippen molar-refractivity contribution >= 4 is 17.3 Å². The summed E-state index contributed by atoms with van der Waals surface area (Å²) in [5.41, 5.74) is 2.39. The number of benzene rings is 2. The molecule has 0 fully saturated rings. The van der Waals surface area contributed by atoms with Gasteiger partial charge in [-0.05, 0) is 24.6 Å². The first-order valence-corrected chi connectivity index (χ1v) is 7.58. The van der Waals surface area contributed by atoms with Crippen molar-refractivity contribution in [2.24, 2.45) is 5.16 Å². The molecule has 118 valence electrons. The summed E-state index contributed by atoms with van der Waals surface area (Å²) < 4.78 is 5.51. The van der Waals surface area contributed by atoms with Crippen LogP contribution in [-0.4, -0.2) is 24.3 Å². The Balaban J connectivity index is 1.65. The molecule has 1 aliphatic heterocycles. The Morgan fingerprint density at radius 1 is 1.22 bits per heavy atom. The van der Waals surface area contributed by atoms with E-state index in [1.165, 1.54) is 0 Å². The molecule has 5 heteroatoms. The minimum Gasteiger partial charge on any atom is -0.492 e. The molecule has 2 aromatic carbocycles. The SMILES string of the molecule is CCOc1ccccc1NC(=O)[C@H]1CC(c2ccccc2)=NO1. The van der Waals surface area contributed by atoms with Crippen molar-refractivity contribution < 1.29 is 14.4 Å². The Morgan fingerprint density at radius 3 is 2.74 bits per heavy atom. The van der Waals surface area contributed by atoms with E-state index in [4.69, 9.17) is 9.57 Å². The summed E-state index contributed by atoms with van der Waals surface area (Å²) in [6.45, 7) is 2.44. The average Bonchev–Trinajstić information content (AvgIpc) is 3.08. The second-order valence-electron chi connectivity index (χ2n) is 5.12. The van der Waals surface area contributed by atoms with Gasteiger partial charge in [-0.3, -0.25) is 4.79 Å². The van der Waals surface area contributed by atoms with Crippen molar-refractivity contribution in [1.82, 2.24) is 0 Å². The number of carbonyl (C=O) groups is 1. The van der Waals surface area contributed by atoms with Gasteiger partial charge >= 0.3 is 0 Å². The summed E-state index contributed by atoms with van der Waals surface area (Å²) in [6, 6.07) is 17.0. The van der Waals surface area contributed by atoms with Crippen molar-refractivity contribution in [2.45, 2.75) is 19.4 Å². The monoisotopic (exact) mass is 310 g/mol. The Morgan fingerprint density at radius 2 is 1.96 bits per heavy atom. The third kappa shape index (κ3) is 3.51. The second-order valence-corrected chi connectivity index (χ2v) is 5.12. The molecule has 23 heavy (non-hydrogen) atoms. The first-order chi connectivity index (χ1) is 11.3. The lowest BCUT2D eigenvalue weighted by molar-refractivity contribution is -0.125. The number of para-hydroxylation sites is 2. The van der Waals surface area contributed by atoms with E-state index in [1.807, 2.05) is 55.5 Å². The normalized spacial score (nSPS) is 16.4. The van der Waals surface area contributed by atoms with Gasteiger partial charge in [0.15, 0.2) is 0 Å². The van der Waals surface area contributed by atoms with E-state index in [0.29, 0.717) is 24.5 Å². The molecule has 0 saturated heterocycles. The molecule has 2 aromatic rings. The third-order valence-electron chi connectivity index (χ3n) is 3.51. The van der Waals surface area contributed by atoms with Crippen molar-refractivity contribution in [3.05, 3.63) is 60.2 Å². The van der Waals surface area contributed by atoms with E-state index in [0.717, 1.165) is 11.3 Å². The molecule has 0 spiro atoms. The van der Waals surface area contributed by atoms with Gasteiger partial charge in [-0.25, -0.2) is 0 Å². The smallest absolute Gasteiger partial charge is 0.268 e. The maximum Gasteiger partial charge on any atom is 0.268 e. The van der Waals surface area contributed by atoms with Gasteiger partial charge in [0, 0.05) is 6.42 Å². The fraction of sp³-hybridized carbons (Fsp3) is 0.222. The zero-order valence-electron chi connectivity index (χ0n) is 12.9. The summed E-state index contributed by atoms with van der Waals surface area (Å²) >= 11 is 0. The number of hydrogen-bond donors (Lipinski definition) is 1. The van der Waals surface area contributed by atoms with Crippen molar-refractivity contribution in [2.75, 3.05) is 11.9 Å².